The Hall–Kier alpha value is -1.06. The van der Waals surface area contributed by atoms with Gasteiger partial charge >= 0.3 is 0 Å². The minimum Gasteiger partial charge on any atom is -0.497 e. The third kappa shape index (κ3) is 1.83. The Balaban J connectivity index is 2.07. The Morgan fingerprint density at radius 2 is 2.24 bits per heavy atom. The van der Waals surface area contributed by atoms with Gasteiger partial charge in [-0.3, -0.25) is 0 Å². The molecule has 3 heteroatoms. The zero-order valence-electron chi connectivity index (χ0n) is 10.2. The van der Waals surface area contributed by atoms with Crippen molar-refractivity contribution in [1.82, 2.24) is 5.32 Å². The van der Waals surface area contributed by atoms with Gasteiger partial charge in [0.1, 0.15) is 5.75 Å². The van der Waals surface area contributed by atoms with Crippen LogP contribution in [0, 0.1) is 0 Å². The highest BCUT2D eigenvalue weighted by Crippen LogP contribution is 2.38. The van der Waals surface area contributed by atoms with Crippen molar-refractivity contribution in [2.24, 2.45) is 0 Å². The average molecular weight is 247 g/mol. The van der Waals surface area contributed by atoms with Gasteiger partial charge in [-0.1, -0.05) is 0 Å². The minimum atomic E-state index is 0.178. The van der Waals surface area contributed by atoms with Gasteiger partial charge in [0, 0.05) is 9.58 Å². The summed E-state index contributed by atoms with van der Waals surface area (Å²) in [5, 5.41) is 4.94. The molecule has 1 aromatic carbocycles. The lowest BCUT2D eigenvalue weighted by molar-refractivity contribution is 0.415. The zero-order valence-corrected chi connectivity index (χ0v) is 11.1. The average Bonchev–Trinajstić information content (AvgIpc) is 2.94. The van der Waals surface area contributed by atoms with E-state index in [4.69, 9.17) is 4.74 Å². The molecule has 1 N–H and O–H groups in total. The fraction of sp³-hybridized carbons (Fsp3) is 0.429. The number of methoxy groups -OCH3 is 1. The number of hydrogen-bond acceptors (Lipinski definition) is 3. The van der Waals surface area contributed by atoms with E-state index in [2.05, 4.69) is 30.4 Å². The number of benzene rings is 1. The number of fused-ring (bicyclic) bond motifs is 1. The lowest BCUT2D eigenvalue weighted by Gasteiger charge is -2.22. The summed E-state index contributed by atoms with van der Waals surface area (Å²) in [5.74, 6) is 0.940. The maximum absolute atomic E-state index is 5.27. The van der Waals surface area contributed by atoms with Gasteiger partial charge in [0.2, 0.25) is 0 Å². The smallest absolute Gasteiger partial charge is 0.120 e. The Bertz CT molecular complexity index is 540. The van der Waals surface area contributed by atoms with Crippen molar-refractivity contribution in [2.45, 2.75) is 25.3 Å². The van der Waals surface area contributed by atoms with E-state index in [1.807, 2.05) is 17.4 Å². The first-order valence-electron chi connectivity index (χ1n) is 6.04. The summed E-state index contributed by atoms with van der Waals surface area (Å²) < 4.78 is 6.59. The maximum Gasteiger partial charge on any atom is 0.120 e. The number of hydrogen-bond donors (Lipinski definition) is 1. The number of rotatable bonds is 2. The summed E-state index contributed by atoms with van der Waals surface area (Å²) in [6.07, 6.45) is 2.50. The van der Waals surface area contributed by atoms with Crippen molar-refractivity contribution in [3.63, 3.8) is 0 Å². The van der Waals surface area contributed by atoms with Crippen molar-refractivity contribution in [1.29, 1.82) is 0 Å². The van der Waals surface area contributed by atoms with Crippen LogP contribution in [-0.4, -0.2) is 13.7 Å². The van der Waals surface area contributed by atoms with E-state index in [-0.39, 0.29) is 5.54 Å². The van der Waals surface area contributed by atoms with Crippen molar-refractivity contribution in [2.75, 3.05) is 13.7 Å². The molecule has 0 bridgehead atoms. The van der Waals surface area contributed by atoms with Gasteiger partial charge in [0.15, 0.2) is 0 Å². The maximum atomic E-state index is 5.27. The first-order valence-corrected chi connectivity index (χ1v) is 6.86. The first-order chi connectivity index (χ1) is 8.21. The molecule has 90 valence electrons. The molecule has 1 unspecified atom stereocenters. The summed E-state index contributed by atoms with van der Waals surface area (Å²) in [7, 11) is 1.72. The summed E-state index contributed by atoms with van der Waals surface area (Å²) in [6, 6.07) is 8.62. The van der Waals surface area contributed by atoms with Crippen LogP contribution in [0.5, 0.6) is 5.75 Å². The van der Waals surface area contributed by atoms with Gasteiger partial charge in [0.25, 0.3) is 0 Å². The molecule has 1 atom stereocenters. The molecular weight excluding hydrogens is 230 g/mol. The van der Waals surface area contributed by atoms with Crippen LogP contribution in [-0.2, 0) is 5.54 Å². The van der Waals surface area contributed by atoms with Crippen LogP contribution < -0.4 is 10.1 Å². The van der Waals surface area contributed by atoms with Gasteiger partial charge in [-0.25, -0.2) is 0 Å². The molecule has 0 radical (unpaired) electrons. The molecule has 0 saturated carbocycles. The molecule has 1 fully saturated rings. The lowest BCUT2D eigenvalue weighted by atomic mass is 9.98. The number of ether oxygens (including phenoxy) is 1. The molecule has 1 aromatic heterocycles. The highest BCUT2D eigenvalue weighted by atomic mass is 32.1. The van der Waals surface area contributed by atoms with E-state index in [9.17, 15) is 0 Å². The monoisotopic (exact) mass is 247 g/mol. The Labute approximate surface area is 106 Å². The van der Waals surface area contributed by atoms with Gasteiger partial charge in [0.05, 0.1) is 12.6 Å². The summed E-state index contributed by atoms with van der Waals surface area (Å²) >= 11 is 1.88. The van der Waals surface area contributed by atoms with Crippen molar-refractivity contribution >= 4 is 21.4 Å². The quantitative estimate of drug-likeness (QED) is 0.877. The van der Waals surface area contributed by atoms with E-state index in [1.165, 1.54) is 27.8 Å². The molecule has 1 saturated heterocycles. The van der Waals surface area contributed by atoms with E-state index in [1.54, 1.807) is 7.11 Å². The van der Waals surface area contributed by atoms with Gasteiger partial charge in [-0.2, -0.15) is 0 Å². The molecule has 3 rings (SSSR count). The van der Waals surface area contributed by atoms with E-state index < -0.39 is 0 Å². The predicted molar refractivity (Wildman–Crippen MR) is 73.0 cm³/mol. The van der Waals surface area contributed by atoms with Crippen LogP contribution in [0.15, 0.2) is 24.3 Å². The highest BCUT2D eigenvalue weighted by molar-refractivity contribution is 7.19. The Kier molecular flexibility index (Phi) is 2.60. The van der Waals surface area contributed by atoms with E-state index >= 15 is 0 Å². The molecule has 17 heavy (non-hydrogen) atoms. The minimum absolute atomic E-state index is 0.178. The fourth-order valence-corrected chi connectivity index (χ4v) is 3.76. The van der Waals surface area contributed by atoms with E-state index in [0.29, 0.717) is 0 Å². The summed E-state index contributed by atoms with van der Waals surface area (Å²) in [4.78, 5) is 1.44. The number of nitrogens with one attached hydrogen (secondary N) is 1. The van der Waals surface area contributed by atoms with Gasteiger partial charge in [-0.05, 0) is 56.0 Å². The summed E-state index contributed by atoms with van der Waals surface area (Å²) in [6.45, 7) is 3.44. The fourth-order valence-electron chi connectivity index (χ4n) is 2.52. The Morgan fingerprint density at radius 1 is 1.35 bits per heavy atom. The molecule has 2 aromatic rings. The second-order valence-corrected chi connectivity index (χ2v) is 5.96. The van der Waals surface area contributed by atoms with Crippen molar-refractivity contribution in [3.8, 4) is 5.75 Å². The lowest BCUT2D eigenvalue weighted by Crippen LogP contribution is -2.31. The molecule has 1 aliphatic rings. The molecule has 0 spiro atoms. The van der Waals surface area contributed by atoms with Crippen molar-refractivity contribution in [3.05, 3.63) is 29.1 Å². The molecule has 1 aliphatic heterocycles. The van der Waals surface area contributed by atoms with Gasteiger partial charge in [-0.15, -0.1) is 11.3 Å². The predicted octanol–water partition coefficient (Wildman–Crippen LogP) is 3.51. The standard InChI is InChI=1S/C14H17NOS/c1-14(6-3-7-15-14)13-8-10-4-5-11(16-2)9-12(10)17-13/h4-5,8-9,15H,3,6-7H2,1-2H3. The number of thiophene rings is 1. The second-order valence-electron chi connectivity index (χ2n) is 4.88. The zero-order chi connectivity index (χ0) is 11.9. The second kappa shape index (κ2) is 4.00. The molecular formula is C14H17NOS. The van der Waals surface area contributed by atoms with Crippen LogP contribution in [0.4, 0.5) is 0 Å². The van der Waals surface area contributed by atoms with Gasteiger partial charge < -0.3 is 10.1 Å². The van der Waals surface area contributed by atoms with Crippen LogP contribution in [0.1, 0.15) is 24.6 Å². The van der Waals surface area contributed by atoms with Crippen LogP contribution in [0.2, 0.25) is 0 Å². The molecule has 2 heterocycles. The normalized spacial score (nSPS) is 24.4. The van der Waals surface area contributed by atoms with E-state index in [0.717, 1.165) is 12.3 Å². The third-order valence-electron chi connectivity index (χ3n) is 3.64. The molecule has 2 nitrogen and oxygen atoms in total. The Morgan fingerprint density at radius 3 is 2.94 bits per heavy atom. The summed E-state index contributed by atoms with van der Waals surface area (Å²) in [5.41, 5.74) is 0.178. The largest absolute Gasteiger partial charge is 0.497 e. The van der Waals surface area contributed by atoms with Crippen LogP contribution in [0.25, 0.3) is 10.1 Å². The highest BCUT2D eigenvalue weighted by Gasteiger charge is 2.31. The topological polar surface area (TPSA) is 21.3 Å². The van der Waals surface area contributed by atoms with Crippen molar-refractivity contribution < 1.29 is 4.74 Å². The van der Waals surface area contributed by atoms with Crippen LogP contribution in [0.3, 0.4) is 0 Å². The third-order valence-corrected chi connectivity index (χ3v) is 5.00. The molecule has 0 aliphatic carbocycles. The first kappa shape index (κ1) is 11.1. The molecule has 0 amide bonds. The SMILES string of the molecule is COc1ccc2cc(C3(C)CCCN3)sc2c1. The van der Waals surface area contributed by atoms with Crippen LogP contribution >= 0.6 is 11.3 Å².